The van der Waals surface area contributed by atoms with Crippen LogP contribution >= 0.6 is 0 Å². The molecule has 0 aliphatic rings. The molecular weight excluding hydrogens is 180 g/mol. The maximum Gasteiger partial charge on any atom is -0.00948 e. The summed E-state index contributed by atoms with van der Waals surface area (Å²) in [5, 5.41) is 0. The quantitative estimate of drug-likeness (QED) is 0.486. The lowest BCUT2D eigenvalue weighted by atomic mass is 10.1. The van der Waals surface area contributed by atoms with Gasteiger partial charge < -0.3 is 0 Å². The van der Waals surface area contributed by atoms with Crippen LogP contribution in [0.2, 0.25) is 0 Å². The minimum Gasteiger partial charge on any atom is -0.0917 e. The van der Waals surface area contributed by atoms with Gasteiger partial charge in [0.15, 0.2) is 0 Å². The van der Waals surface area contributed by atoms with Gasteiger partial charge in [-0.15, -0.1) is 0 Å². The molecule has 0 amide bonds. The van der Waals surface area contributed by atoms with Gasteiger partial charge in [-0.05, 0) is 44.2 Å². The summed E-state index contributed by atoms with van der Waals surface area (Å²) in [7, 11) is 0. The van der Waals surface area contributed by atoms with E-state index in [9.17, 15) is 0 Å². The van der Waals surface area contributed by atoms with Gasteiger partial charge in [0.1, 0.15) is 0 Å². The molecule has 1 aromatic rings. The number of rotatable bonds is 5. The molecule has 0 saturated heterocycles. The zero-order chi connectivity index (χ0) is 10.9. The maximum atomic E-state index is 2.27. The monoisotopic (exact) mass is 200 g/mol. The van der Waals surface area contributed by atoms with Crippen LogP contribution in [0, 0.1) is 6.92 Å². The summed E-state index contributed by atoms with van der Waals surface area (Å²) in [5.74, 6) is 0. The van der Waals surface area contributed by atoms with E-state index in [0.717, 1.165) is 19.3 Å². The first kappa shape index (κ1) is 11.8. The maximum absolute atomic E-state index is 2.27. The van der Waals surface area contributed by atoms with Gasteiger partial charge in [-0.3, -0.25) is 0 Å². The Labute approximate surface area is 93.3 Å². The second-order valence-electron chi connectivity index (χ2n) is 3.75. The molecule has 15 heavy (non-hydrogen) atoms. The molecule has 0 heterocycles. The average molecular weight is 200 g/mol. The summed E-state index contributed by atoms with van der Waals surface area (Å²) in [5.41, 5.74) is 2.82. The van der Waals surface area contributed by atoms with Gasteiger partial charge in [-0.2, -0.15) is 0 Å². The van der Waals surface area contributed by atoms with Crippen molar-refractivity contribution in [3.05, 3.63) is 59.7 Å². The van der Waals surface area contributed by atoms with Crippen LogP contribution in [-0.4, -0.2) is 0 Å². The summed E-state index contributed by atoms with van der Waals surface area (Å²) < 4.78 is 0. The molecule has 1 rings (SSSR count). The zero-order valence-electron chi connectivity index (χ0n) is 9.74. The van der Waals surface area contributed by atoms with Crippen molar-refractivity contribution in [3.8, 4) is 0 Å². The van der Waals surface area contributed by atoms with E-state index in [1.165, 1.54) is 11.1 Å². The van der Waals surface area contributed by atoms with Crippen LogP contribution in [0.4, 0.5) is 0 Å². The first-order chi connectivity index (χ1) is 7.34. The van der Waals surface area contributed by atoms with Crippen molar-refractivity contribution in [1.29, 1.82) is 0 Å². The number of aryl methyl sites for hydroxylation is 1. The van der Waals surface area contributed by atoms with E-state index in [1.807, 2.05) is 0 Å². The lowest BCUT2D eigenvalue weighted by Gasteiger charge is -2.00. The molecule has 0 radical (unpaired) electrons. The molecule has 0 aliphatic heterocycles. The SMILES string of the molecule is CC=CCCC=CCc1ccccc1C. The van der Waals surface area contributed by atoms with Crippen molar-refractivity contribution in [3.63, 3.8) is 0 Å². The standard InChI is InChI=1S/C15H20/c1-3-4-5-6-7-8-12-15-13-10-9-11-14(15)2/h3-4,7-11,13H,5-6,12H2,1-2H3. The molecule has 0 spiro atoms. The number of benzene rings is 1. The highest BCUT2D eigenvalue weighted by atomic mass is 14.0. The van der Waals surface area contributed by atoms with Crippen LogP contribution in [0.1, 0.15) is 30.9 Å². The van der Waals surface area contributed by atoms with Crippen molar-refractivity contribution in [2.24, 2.45) is 0 Å². The molecule has 0 fully saturated rings. The fourth-order valence-corrected chi connectivity index (χ4v) is 1.53. The predicted octanol–water partition coefficient (Wildman–Crippen LogP) is 4.45. The van der Waals surface area contributed by atoms with Gasteiger partial charge >= 0.3 is 0 Å². The Kier molecular flexibility index (Phi) is 5.54. The second-order valence-corrected chi connectivity index (χ2v) is 3.75. The van der Waals surface area contributed by atoms with Crippen LogP contribution in [0.15, 0.2) is 48.6 Å². The Morgan fingerprint density at radius 1 is 1.00 bits per heavy atom. The van der Waals surface area contributed by atoms with E-state index in [4.69, 9.17) is 0 Å². The Balaban J connectivity index is 2.34. The van der Waals surface area contributed by atoms with Crippen LogP contribution in [0.5, 0.6) is 0 Å². The average Bonchev–Trinajstić information content (AvgIpc) is 2.25. The van der Waals surface area contributed by atoms with E-state index < -0.39 is 0 Å². The summed E-state index contributed by atoms with van der Waals surface area (Å²) in [4.78, 5) is 0. The summed E-state index contributed by atoms with van der Waals surface area (Å²) in [6, 6.07) is 8.57. The highest BCUT2D eigenvalue weighted by molar-refractivity contribution is 5.27. The first-order valence-electron chi connectivity index (χ1n) is 5.65. The van der Waals surface area contributed by atoms with E-state index in [2.05, 4.69) is 62.4 Å². The van der Waals surface area contributed by atoms with Gasteiger partial charge in [0.2, 0.25) is 0 Å². The highest BCUT2D eigenvalue weighted by Crippen LogP contribution is 2.08. The highest BCUT2D eigenvalue weighted by Gasteiger charge is 1.92. The third kappa shape index (κ3) is 4.64. The van der Waals surface area contributed by atoms with Crippen LogP contribution in [0.3, 0.4) is 0 Å². The number of unbranched alkanes of at least 4 members (excludes halogenated alkanes) is 1. The summed E-state index contributed by atoms with van der Waals surface area (Å²) in [6.07, 6.45) is 12.2. The Morgan fingerprint density at radius 3 is 2.47 bits per heavy atom. The van der Waals surface area contributed by atoms with Crippen molar-refractivity contribution >= 4 is 0 Å². The summed E-state index contributed by atoms with van der Waals surface area (Å²) in [6.45, 7) is 4.24. The molecular formula is C15H20. The topological polar surface area (TPSA) is 0 Å². The molecule has 0 bridgehead atoms. The molecule has 1 aromatic carbocycles. The second kappa shape index (κ2) is 7.05. The molecule has 0 nitrogen and oxygen atoms in total. The van der Waals surface area contributed by atoms with Crippen molar-refractivity contribution < 1.29 is 0 Å². The molecule has 0 heteroatoms. The van der Waals surface area contributed by atoms with Crippen molar-refractivity contribution in [2.45, 2.75) is 33.1 Å². The van der Waals surface area contributed by atoms with E-state index >= 15 is 0 Å². The van der Waals surface area contributed by atoms with Gasteiger partial charge in [0, 0.05) is 0 Å². The number of hydrogen-bond acceptors (Lipinski definition) is 0. The predicted molar refractivity (Wildman–Crippen MR) is 68.1 cm³/mol. The third-order valence-corrected chi connectivity index (χ3v) is 2.50. The van der Waals surface area contributed by atoms with Crippen molar-refractivity contribution in [2.75, 3.05) is 0 Å². The van der Waals surface area contributed by atoms with Crippen LogP contribution < -0.4 is 0 Å². The summed E-state index contributed by atoms with van der Waals surface area (Å²) >= 11 is 0. The number of hydrogen-bond donors (Lipinski definition) is 0. The zero-order valence-corrected chi connectivity index (χ0v) is 9.74. The van der Waals surface area contributed by atoms with E-state index in [-0.39, 0.29) is 0 Å². The lowest BCUT2D eigenvalue weighted by molar-refractivity contribution is 1.04. The first-order valence-corrected chi connectivity index (χ1v) is 5.65. The largest absolute Gasteiger partial charge is 0.0917 e. The molecule has 0 aromatic heterocycles. The fourth-order valence-electron chi connectivity index (χ4n) is 1.53. The molecule has 0 saturated carbocycles. The molecule has 0 N–H and O–H groups in total. The number of allylic oxidation sites excluding steroid dienone is 4. The third-order valence-electron chi connectivity index (χ3n) is 2.50. The van der Waals surface area contributed by atoms with Crippen molar-refractivity contribution in [1.82, 2.24) is 0 Å². The van der Waals surface area contributed by atoms with Crippen LogP contribution in [0.25, 0.3) is 0 Å². The van der Waals surface area contributed by atoms with E-state index in [0.29, 0.717) is 0 Å². The van der Waals surface area contributed by atoms with E-state index in [1.54, 1.807) is 0 Å². The molecule has 80 valence electrons. The fraction of sp³-hybridized carbons (Fsp3) is 0.333. The lowest BCUT2D eigenvalue weighted by Crippen LogP contribution is -1.85. The Hall–Kier alpha value is -1.30. The van der Waals surface area contributed by atoms with Gasteiger partial charge in [0.05, 0.1) is 0 Å². The van der Waals surface area contributed by atoms with Gasteiger partial charge in [-0.1, -0.05) is 48.6 Å². The van der Waals surface area contributed by atoms with Gasteiger partial charge in [0.25, 0.3) is 0 Å². The van der Waals surface area contributed by atoms with Crippen LogP contribution in [-0.2, 0) is 6.42 Å². The smallest absolute Gasteiger partial charge is 0.00948 e. The Morgan fingerprint density at radius 2 is 1.73 bits per heavy atom. The Bertz CT molecular complexity index is 332. The minimum absolute atomic E-state index is 1.06. The molecule has 0 aliphatic carbocycles. The van der Waals surface area contributed by atoms with Gasteiger partial charge in [-0.25, -0.2) is 0 Å². The molecule has 0 atom stereocenters. The minimum atomic E-state index is 1.06. The normalized spacial score (nSPS) is 11.6. The molecule has 0 unspecified atom stereocenters.